The highest BCUT2D eigenvalue weighted by Crippen LogP contribution is 2.29. The maximum atomic E-state index is 5.54. The zero-order valence-corrected chi connectivity index (χ0v) is 14.1. The van der Waals surface area contributed by atoms with Crippen molar-refractivity contribution in [3.8, 4) is 5.75 Å². The zero-order chi connectivity index (χ0) is 15.1. The van der Waals surface area contributed by atoms with E-state index in [1.165, 1.54) is 30.4 Å². The fraction of sp³-hybridized carbons (Fsp3) is 0.588. The average molecular weight is 306 g/mol. The summed E-state index contributed by atoms with van der Waals surface area (Å²) in [7, 11) is 0. The number of thiazole rings is 1. The number of hydrogen-bond acceptors (Lipinski definition) is 4. The highest BCUT2D eigenvalue weighted by atomic mass is 32.1. The molecule has 0 spiro atoms. The molecule has 3 nitrogen and oxygen atoms in total. The number of rotatable bonds is 9. The predicted octanol–water partition coefficient (Wildman–Crippen LogP) is 5.32. The first-order chi connectivity index (χ1) is 10.3. The van der Waals surface area contributed by atoms with E-state index in [0.717, 1.165) is 28.9 Å². The van der Waals surface area contributed by atoms with E-state index < -0.39 is 0 Å². The lowest BCUT2D eigenvalue weighted by molar-refractivity contribution is 0.341. The Morgan fingerprint density at radius 3 is 2.86 bits per heavy atom. The smallest absolute Gasteiger partial charge is 0.183 e. The number of benzene rings is 1. The van der Waals surface area contributed by atoms with Crippen LogP contribution < -0.4 is 10.1 Å². The van der Waals surface area contributed by atoms with Gasteiger partial charge in [0.2, 0.25) is 0 Å². The van der Waals surface area contributed by atoms with Crippen LogP contribution in [0.1, 0.15) is 46.5 Å². The molecule has 1 N–H and O–H groups in total. The third-order valence-electron chi connectivity index (χ3n) is 3.76. The van der Waals surface area contributed by atoms with Gasteiger partial charge in [-0.1, -0.05) is 44.4 Å². The van der Waals surface area contributed by atoms with Crippen LogP contribution in [-0.2, 0) is 0 Å². The molecule has 21 heavy (non-hydrogen) atoms. The normalized spacial score (nSPS) is 12.5. The van der Waals surface area contributed by atoms with Gasteiger partial charge in [-0.15, -0.1) is 0 Å². The molecule has 0 aliphatic heterocycles. The van der Waals surface area contributed by atoms with Crippen molar-refractivity contribution in [3.05, 3.63) is 18.2 Å². The van der Waals surface area contributed by atoms with Crippen molar-refractivity contribution < 1.29 is 4.74 Å². The minimum atomic E-state index is 0.699. The minimum Gasteiger partial charge on any atom is -0.494 e. The van der Waals surface area contributed by atoms with E-state index in [0.29, 0.717) is 6.61 Å². The lowest BCUT2D eigenvalue weighted by atomic mass is 10.00. The SMILES string of the molecule is CCCCC(CC)CNc1nc2ccc(OCC)cc2s1. The molecule has 1 heterocycles. The molecular weight excluding hydrogens is 280 g/mol. The number of fused-ring (bicyclic) bond motifs is 1. The van der Waals surface area contributed by atoms with Crippen LogP contribution in [0.4, 0.5) is 5.13 Å². The van der Waals surface area contributed by atoms with Crippen molar-refractivity contribution in [2.45, 2.75) is 46.5 Å². The molecule has 1 atom stereocenters. The van der Waals surface area contributed by atoms with Gasteiger partial charge in [0, 0.05) is 6.54 Å². The molecule has 1 aromatic carbocycles. The molecule has 0 saturated carbocycles. The molecule has 2 rings (SSSR count). The Labute approximate surface area is 131 Å². The summed E-state index contributed by atoms with van der Waals surface area (Å²) < 4.78 is 6.73. The van der Waals surface area contributed by atoms with Gasteiger partial charge in [-0.3, -0.25) is 0 Å². The van der Waals surface area contributed by atoms with Crippen LogP contribution in [0.3, 0.4) is 0 Å². The Balaban J connectivity index is 1.98. The van der Waals surface area contributed by atoms with Gasteiger partial charge in [0.25, 0.3) is 0 Å². The van der Waals surface area contributed by atoms with Crippen molar-refractivity contribution in [1.29, 1.82) is 0 Å². The Kier molecular flexibility index (Phi) is 6.30. The molecule has 0 bridgehead atoms. The van der Waals surface area contributed by atoms with Gasteiger partial charge in [0.05, 0.1) is 16.8 Å². The summed E-state index contributed by atoms with van der Waals surface area (Å²) in [4.78, 5) is 4.65. The van der Waals surface area contributed by atoms with Gasteiger partial charge in [0.1, 0.15) is 5.75 Å². The molecule has 0 fully saturated rings. The predicted molar refractivity (Wildman–Crippen MR) is 92.6 cm³/mol. The lowest BCUT2D eigenvalue weighted by Gasteiger charge is -2.14. The van der Waals surface area contributed by atoms with Crippen molar-refractivity contribution in [1.82, 2.24) is 4.98 Å². The lowest BCUT2D eigenvalue weighted by Crippen LogP contribution is -2.13. The van der Waals surface area contributed by atoms with E-state index in [4.69, 9.17) is 4.74 Å². The molecule has 1 aromatic heterocycles. The van der Waals surface area contributed by atoms with Gasteiger partial charge in [-0.2, -0.15) is 0 Å². The first-order valence-electron chi connectivity index (χ1n) is 8.04. The molecule has 116 valence electrons. The number of aromatic nitrogens is 1. The van der Waals surface area contributed by atoms with Crippen molar-refractivity contribution in [3.63, 3.8) is 0 Å². The fourth-order valence-electron chi connectivity index (χ4n) is 2.41. The summed E-state index contributed by atoms with van der Waals surface area (Å²) in [5, 5.41) is 4.53. The fourth-order valence-corrected chi connectivity index (χ4v) is 3.31. The molecule has 2 aromatic rings. The second kappa shape index (κ2) is 8.23. The number of anilines is 1. The maximum Gasteiger partial charge on any atom is 0.183 e. The first-order valence-corrected chi connectivity index (χ1v) is 8.85. The molecule has 4 heteroatoms. The summed E-state index contributed by atoms with van der Waals surface area (Å²) in [6.07, 6.45) is 5.13. The number of unbranched alkanes of at least 4 members (excludes halogenated alkanes) is 1. The summed E-state index contributed by atoms with van der Waals surface area (Å²) in [6, 6.07) is 6.11. The van der Waals surface area contributed by atoms with E-state index in [9.17, 15) is 0 Å². The monoisotopic (exact) mass is 306 g/mol. The molecular formula is C17H26N2OS. The zero-order valence-electron chi connectivity index (χ0n) is 13.3. The Bertz CT molecular complexity index is 553. The van der Waals surface area contributed by atoms with Crippen LogP contribution in [-0.4, -0.2) is 18.1 Å². The number of nitrogens with zero attached hydrogens (tertiary/aromatic N) is 1. The molecule has 1 unspecified atom stereocenters. The van der Waals surface area contributed by atoms with E-state index in [-0.39, 0.29) is 0 Å². The minimum absolute atomic E-state index is 0.699. The summed E-state index contributed by atoms with van der Waals surface area (Å²) in [5.41, 5.74) is 1.05. The quantitative estimate of drug-likeness (QED) is 0.680. The Morgan fingerprint density at radius 2 is 2.14 bits per heavy atom. The standard InChI is InChI=1S/C17H26N2OS/c1-4-7-8-13(5-2)12-18-17-19-15-10-9-14(20-6-3)11-16(15)21-17/h9-11,13H,4-8,12H2,1-3H3,(H,18,19). The highest BCUT2D eigenvalue weighted by Gasteiger charge is 2.09. The molecule has 0 radical (unpaired) electrons. The van der Waals surface area contributed by atoms with Gasteiger partial charge in [0.15, 0.2) is 5.13 Å². The van der Waals surface area contributed by atoms with E-state index in [1.807, 2.05) is 19.1 Å². The van der Waals surface area contributed by atoms with Crippen LogP contribution in [0.5, 0.6) is 5.75 Å². The molecule has 0 aliphatic rings. The third-order valence-corrected chi connectivity index (χ3v) is 4.73. The third kappa shape index (κ3) is 4.60. The van der Waals surface area contributed by atoms with Gasteiger partial charge in [-0.25, -0.2) is 4.98 Å². The first kappa shape index (κ1) is 16.1. The van der Waals surface area contributed by atoms with E-state index >= 15 is 0 Å². The van der Waals surface area contributed by atoms with Crippen LogP contribution >= 0.6 is 11.3 Å². The topological polar surface area (TPSA) is 34.2 Å². The number of ether oxygens (including phenoxy) is 1. The summed E-state index contributed by atoms with van der Waals surface area (Å²) in [5.74, 6) is 1.67. The van der Waals surface area contributed by atoms with E-state index in [2.05, 4.69) is 30.2 Å². The van der Waals surface area contributed by atoms with Crippen molar-refractivity contribution in [2.24, 2.45) is 5.92 Å². The molecule has 0 amide bonds. The maximum absolute atomic E-state index is 5.54. The number of nitrogens with one attached hydrogen (secondary N) is 1. The molecule has 0 aliphatic carbocycles. The second-order valence-corrected chi connectivity index (χ2v) is 6.41. The van der Waals surface area contributed by atoms with Crippen molar-refractivity contribution >= 4 is 26.7 Å². The van der Waals surface area contributed by atoms with Gasteiger partial charge in [-0.05, 0) is 37.5 Å². The summed E-state index contributed by atoms with van der Waals surface area (Å²) >= 11 is 1.71. The van der Waals surface area contributed by atoms with Crippen LogP contribution in [0.15, 0.2) is 18.2 Å². The van der Waals surface area contributed by atoms with Crippen LogP contribution in [0, 0.1) is 5.92 Å². The van der Waals surface area contributed by atoms with Gasteiger partial charge >= 0.3 is 0 Å². The molecule has 0 saturated heterocycles. The second-order valence-electron chi connectivity index (χ2n) is 5.38. The summed E-state index contributed by atoms with van der Waals surface area (Å²) in [6.45, 7) is 8.25. The Morgan fingerprint density at radius 1 is 1.29 bits per heavy atom. The average Bonchev–Trinajstić information content (AvgIpc) is 2.90. The Hall–Kier alpha value is -1.29. The van der Waals surface area contributed by atoms with Crippen LogP contribution in [0.2, 0.25) is 0 Å². The van der Waals surface area contributed by atoms with Crippen molar-refractivity contribution in [2.75, 3.05) is 18.5 Å². The van der Waals surface area contributed by atoms with Gasteiger partial charge < -0.3 is 10.1 Å². The highest BCUT2D eigenvalue weighted by molar-refractivity contribution is 7.22. The largest absolute Gasteiger partial charge is 0.494 e. The van der Waals surface area contributed by atoms with Crippen LogP contribution in [0.25, 0.3) is 10.2 Å². The van der Waals surface area contributed by atoms with E-state index in [1.54, 1.807) is 11.3 Å². The number of hydrogen-bond donors (Lipinski definition) is 1.